The molecule has 0 heterocycles. The van der Waals surface area contributed by atoms with Gasteiger partial charge in [0.1, 0.15) is 6.67 Å². The smallest absolute Gasteiger partial charge is 0.173 e. The Hall–Kier alpha value is -0.510. The van der Waals surface area contributed by atoms with Crippen molar-refractivity contribution in [3.8, 4) is 0 Å². The Morgan fingerprint density at radius 3 is 2.36 bits per heavy atom. The Morgan fingerprint density at radius 1 is 1.18 bits per heavy atom. The zero-order chi connectivity index (χ0) is 8.43. The summed E-state index contributed by atoms with van der Waals surface area (Å²) in [5.41, 5.74) is -0.259. The van der Waals surface area contributed by atoms with Crippen molar-refractivity contribution in [2.75, 3.05) is 0 Å². The summed E-state index contributed by atoms with van der Waals surface area (Å²) in [4.78, 5) is 0. The van der Waals surface area contributed by atoms with Crippen LogP contribution in [0.2, 0.25) is 0 Å². The highest BCUT2D eigenvalue weighted by Gasteiger charge is 2.10. The van der Waals surface area contributed by atoms with Crippen molar-refractivity contribution in [1.29, 1.82) is 0 Å². The maximum Gasteiger partial charge on any atom is 0.173 e. The molecular formula is C7H4BrF3. The molecule has 0 fully saturated rings. The topological polar surface area (TPSA) is 0 Å². The van der Waals surface area contributed by atoms with Gasteiger partial charge in [-0.2, -0.15) is 0 Å². The van der Waals surface area contributed by atoms with Crippen LogP contribution in [-0.2, 0) is 6.67 Å². The molecule has 0 atom stereocenters. The predicted octanol–water partition coefficient (Wildman–Crippen LogP) is 3.20. The third-order valence-corrected chi connectivity index (χ3v) is 1.87. The van der Waals surface area contributed by atoms with Crippen LogP contribution in [0.25, 0.3) is 0 Å². The number of benzene rings is 1. The summed E-state index contributed by atoms with van der Waals surface area (Å²) in [6.07, 6.45) is 0. The molecule has 0 unspecified atom stereocenters. The summed E-state index contributed by atoms with van der Waals surface area (Å²) >= 11 is 2.77. The summed E-state index contributed by atoms with van der Waals surface area (Å²) in [5, 5.41) is 0. The van der Waals surface area contributed by atoms with Gasteiger partial charge in [0.2, 0.25) is 0 Å². The van der Waals surface area contributed by atoms with Crippen molar-refractivity contribution in [3.63, 3.8) is 0 Å². The van der Waals surface area contributed by atoms with Crippen LogP contribution in [0.4, 0.5) is 13.2 Å². The summed E-state index contributed by atoms with van der Waals surface area (Å²) in [6.45, 7) is -0.990. The molecule has 0 spiro atoms. The van der Waals surface area contributed by atoms with Gasteiger partial charge in [-0.1, -0.05) is 6.07 Å². The third-order valence-electron chi connectivity index (χ3n) is 1.26. The normalized spacial score (nSPS) is 10.2. The third kappa shape index (κ3) is 1.56. The Labute approximate surface area is 70.2 Å². The fraction of sp³-hybridized carbons (Fsp3) is 0.143. The molecule has 1 rings (SSSR count). The highest BCUT2D eigenvalue weighted by molar-refractivity contribution is 9.10. The van der Waals surface area contributed by atoms with E-state index in [2.05, 4.69) is 15.9 Å². The molecule has 4 heteroatoms. The van der Waals surface area contributed by atoms with Gasteiger partial charge in [0, 0.05) is 5.56 Å². The van der Waals surface area contributed by atoms with Crippen molar-refractivity contribution in [2.45, 2.75) is 6.67 Å². The standard InChI is InChI=1S/C7H4BrF3/c8-5-2-1-4(3-9)6(10)7(5)11/h1-2H,3H2. The number of rotatable bonds is 1. The fourth-order valence-corrected chi connectivity index (χ4v) is 0.975. The van der Waals surface area contributed by atoms with Gasteiger partial charge in [-0.25, -0.2) is 13.2 Å². The largest absolute Gasteiger partial charge is 0.246 e. The van der Waals surface area contributed by atoms with Crippen molar-refractivity contribution in [1.82, 2.24) is 0 Å². The molecule has 1 aromatic rings. The van der Waals surface area contributed by atoms with Crippen molar-refractivity contribution in [2.24, 2.45) is 0 Å². The average molecular weight is 225 g/mol. The lowest BCUT2D eigenvalue weighted by Gasteiger charge is -1.99. The van der Waals surface area contributed by atoms with E-state index in [1.54, 1.807) is 0 Å². The monoisotopic (exact) mass is 224 g/mol. The minimum Gasteiger partial charge on any atom is -0.246 e. The van der Waals surface area contributed by atoms with Crippen LogP contribution in [0, 0.1) is 11.6 Å². The van der Waals surface area contributed by atoms with Crippen molar-refractivity contribution in [3.05, 3.63) is 33.8 Å². The van der Waals surface area contributed by atoms with Crippen molar-refractivity contribution >= 4 is 15.9 Å². The molecule has 1 aromatic carbocycles. The van der Waals surface area contributed by atoms with Gasteiger partial charge in [-0.15, -0.1) is 0 Å². The van der Waals surface area contributed by atoms with Gasteiger partial charge in [-0.3, -0.25) is 0 Å². The van der Waals surface area contributed by atoms with Gasteiger partial charge < -0.3 is 0 Å². The molecular weight excluding hydrogens is 221 g/mol. The number of alkyl halides is 1. The van der Waals surface area contributed by atoms with Crippen LogP contribution >= 0.6 is 15.9 Å². The molecule has 0 aliphatic rings. The lowest BCUT2D eigenvalue weighted by Crippen LogP contribution is -1.92. The molecule has 0 amide bonds. The molecule has 0 bridgehead atoms. The molecule has 0 radical (unpaired) electrons. The van der Waals surface area contributed by atoms with Crippen LogP contribution in [0.5, 0.6) is 0 Å². The molecule has 11 heavy (non-hydrogen) atoms. The zero-order valence-corrected chi connectivity index (χ0v) is 6.96. The zero-order valence-electron chi connectivity index (χ0n) is 5.37. The summed E-state index contributed by atoms with van der Waals surface area (Å²) in [6, 6.07) is 2.47. The molecule has 0 N–H and O–H groups in total. The lowest BCUT2D eigenvalue weighted by molar-refractivity contribution is 0.439. The number of halogens is 4. The maximum absolute atomic E-state index is 12.6. The number of hydrogen-bond acceptors (Lipinski definition) is 0. The lowest BCUT2D eigenvalue weighted by atomic mass is 10.2. The Kier molecular flexibility index (Phi) is 2.54. The van der Waals surface area contributed by atoms with Crippen LogP contribution < -0.4 is 0 Å². The second-order valence-corrected chi connectivity index (χ2v) is 2.82. The van der Waals surface area contributed by atoms with E-state index in [-0.39, 0.29) is 10.0 Å². The first-order valence-electron chi connectivity index (χ1n) is 2.85. The first-order chi connectivity index (χ1) is 5.16. The van der Waals surface area contributed by atoms with E-state index in [1.807, 2.05) is 0 Å². The van der Waals surface area contributed by atoms with Crippen molar-refractivity contribution < 1.29 is 13.2 Å². The molecule has 0 aliphatic carbocycles. The van der Waals surface area contributed by atoms with Crippen LogP contribution in [0.3, 0.4) is 0 Å². The number of hydrogen-bond donors (Lipinski definition) is 0. The van der Waals surface area contributed by atoms with E-state index < -0.39 is 18.3 Å². The predicted molar refractivity (Wildman–Crippen MR) is 38.9 cm³/mol. The minimum atomic E-state index is -1.12. The van der Waals surface area contributed by atoms with Gasteiger partial charge in [0.15, 0.2) is 11.6 Å². The Bertz CT molecular complexity index is 273. The average Bonchev–Trinajstić information content (AvgIpc) is 2.01. The molecule has 60 valence electrons. The van der Waals surface area contributed by atoms with Gasteiger partial charge in [-0.05, 0) is 22.0 Å². The van der Waals surface area contributed by atoms with Gasteiger partial charge >= 0.3 is 0 Å². The summed E-state index contributed by atoms with van der Waals surface area (Å²) < 4.78 is 37.1. The highest BCUT2D eigenvalue weighted by Crippen LogP contribution is 2.21. The van der Waals surface area contributed by atoms with E-state index in [1.165, 1.54) is 12.1 Å². The molecule has 0 saturated heterocycles. The van der Waals surface area contributed by atoms with E-state index >= 15 is 0 Å². The molecule has 0 aliphatic heterocycles. The quantitative estimate of drug-likeness (QED) is 0.643. The minimum absolute atomic E-state index is 0.00667. The molecule has 0 nitrogen and oxygen atoms in total. The van der Waals surface area contributed by atoms with E-state index in [4.69, 9.17) is 0 Å². The fourth-order valence-electron chi connectivity index (χ4n) is 0.669. The van der Waals surface area contributed by atoms with E-state index in [0.29, 0.717) is 0 Å². The van der Waals surface area contributed by atoms with Crippen LogP contribution in [-0.4, -0.2) is 0 Å². The molecule has 0 saturated carbocycles. The first-order valence-corrected chi connectivity index (χ1v) is 3.64. The highest BCUT2D eigenvalue weighted by atomic mass is 79.9. The maximum atomic E-state index is 12.6. The Balaban J connectivity index is 3.25. The molecule has 0 aromatic heterocycles. The second kappa shape index (κ2) is 3.26. The summed E-state index contributed by atoms with van der Waals surface area (Å²) in [5.74, 6) is -2.16. The van der Waals surface area contributed by atoms with E-state index in [0.717, 1.165) is 0 Å². The van der Waals surface area contributed by atoms with Gasteiger partial charge in [0.05, 0.1) is 4.47 Å². The SMILES string of the molecule is FCc1ccc(Br)c(F)c1F. The first kappa shape index (κ1) is 8.59. The van der Waals surface area contributed by atoms with Crippen LogP contribution in [0.1, 0.15) is 5.56 Å². The summed E-state index contributed by atoms with van der Waals surface area (Å²) in [7, 11) is 0. The van der Waals surface area contributed by atoms with Gasteiger partial charge in [0.25, 0.3) is 0 Å². The second-order valence-electron chi connectivity index (χ2n) is 1.97. The van der Waals surface area contributed by atoms with E-state index in [9.17, 15) is 13.2 Å². The Morgan fingerprint density at radius 2 is 1.82 bits per heavy atom. The van der Waals surface area contributed by atoms with Crippen LogP contribution in [0.15, 0.2) is 16.6 Å².